The van der Waals surface area contributed by atoms with E-state index in [4.69, 9.17) is 4.74 Å². The Balaban J connectivity index is 1.58. The third kappa shape index (κ3) is 4.14. The van der Waals surface area contributed by atoms with Gasteiger partial charge >= 0.3 is 0 Å². The van der Waals surface area contributed by atoms with E-state index in [1.165, 1.54) is 0 Å². The highest BCUT2D eigenvalue weighted by Gasteiger charge is 2.18. The maximum Gasteiger partial charge on any atom is 0.178 e. The van der Waals surface area contributed by atoms with Crippen LogP contribution < -0.4 is 4.74 Å². The van der Waals surface area contributed by atoms with Crippen LogP contribution in [0.4, 0.5) is 0 Å². The van der Waals surface area contributed by atoms with Crippen molar-refractivity contribution in [3.63, 3.8) is 0 Å². The summed E-state index contributed by atoms with van der Waals surface area (Å²) in [5.41, 5.74) is 4.41. The van der Waals surface area contributed by atoms with Gasteiger partial charge in [-0.05, 0) is 53.9 Å². The Morgan fingerprint density at radius 3 is 2.82 bits per heavy atom. The van der Waals surface area contributed by atoms with Gasteiger partial charge in [-0.25, -0.2) is 13.4 Å². The SMILES string of the molecule is CCS(=O)(=O)c1cccc(-c2ccc(OCCCn3ccnn3)c3[nH]c4ncc(C)cc4c23)c1. The van der Waals surface area contributed by atoms with Crippen LogP contribution in [-0.4, -0.2) is 45.7 Å². The average molecular weight is 476 g/mol. The van der Waals surface area contributed by atoms with Gasteiger partial charge in [0.1, 0.15) is 11.4 Å². The van der Waals surface area contributed by atoms with Crippen LogP contribution in [-0.2, 0) is 16.4 Å². The van der Waals surface area contributed by atoms with Crippen LogP contribution in [0, 0.1) is 6.92 Å². The molecule has 0 fully saturated rings. The molecule has 0 unspecified atom stereocenters. The smallest absolute Gasteiger partial charge is 0.178 e. The molecule has 0 bridgehead atoms. The number of benzene rings is 2. The van der Waals surface area contributed by atoms with E-state index in [0.717, 1.165) is 50.8 Å². The van der Waals surface area contributed by atoms with E-state index in [-0.39, 0.29) is 5.75 Å². The maximum absolute atomic E-state index is 12.5. The molecule has 0 saturated heterocycles. The number of aryl methyl sites for hydroxylation is 2. The van der Waals surface area contributed by atoms with Crippen molar-refractivity contribution in [3.8, 4) is 16.9 Å². The summed E-state index contributed by atoms with van der Waals surface area (Å²) in [6.07, 6.45) is 6.08. The van der Waals surface area contributed by atoms with Crippen LogP contribution in [0.2, 0.25) is 0 Å². The minimum atomic E-state index is -3.32. The number of hydrogen-bond donors (Lipinski definition) is 1. The average Bonchev–Trinajstić information content (AvgIpc) is 3.50. The zero-order valence-electron chi connectivity index (χ0n) is 19.0. The number of nitrogens with one attached hydrogen (secondary N) is 1. The van der Waals surface area contributed by atoms with E-state index >= 15 is 0 Å². The topological polar surface area (TPSA) is 103 Å². The van der Waals surface area contributed by atoms with Crippen molar-refractivity contribution in [2.24, 2.45) is 0 Å². The molecule has 0 aliphatic heterocycles. The molecule has 0 amide bonds. The molecule has 5 aromatic rings. The van der Waals surface area contributed by atoms with E-state index in [2.05, 4.69) is 26.3 Å². The van der Waals surface area contributed by atoms with E-state index < -0.39 is 9.84 Å². The van der Waals surface area contributed by atoms with Crippen LogP contribution >= 0.6 is 0 Å². The lowest BCUT2D eigenvalue weighted by Gasteiger charge is -2.12. The number of H-pyrrole nitrogens is 1. The fraction of sp³-hybridized carbons (Fsp3) is 0.240. The van der Waals surface area contributed by atoms with Crippen LogP contribution in [0.25, 0.3) is 33.1 Å². The lowest BCUT2D eigenvalue weighted by molar-refractivity contribution is 0.300. The second kappa shape index (κ2) is 8.90. The zero-order chi connectivity index (χ0) is 23.7. The first kappa shape index (κ1) is 22.1. The Morgan fingerprint density at radius 2 is 2.03 bits per heavy atom. The molecule has 0 aliphatic rings. The summed E-state index contributed by atoms with van der Waals surface area (Å²) in [6, 6.07) is 13.1. The second-order valence-corrected chi connectivity index (χ2v) is 10.5. The molecule has 0 spiro atoms. The molecule has 9 heteroatoms. The second-order valence-electron chi connectivity index (χ2n) is 8.19. The zero-order valence-corrected chi connectivity index (χ0v) is 19.8. The molecule has 0 atom stereocenters. The summed E-state index contributed by atoms with van der Waals surface area (Å²) in [5.74, 6) is 0.786. The molecule has 0 aliphatic carbocycles. The molecule has 1 N–H and O–H groups in total. The van der Waals surface area contributed by atoms with E-state index in [1.807, 2.05) is 37.5 Å². The van der Waals surface area contributed by atoms with Crippen molar-refractivity contribution >= 4 is 31.8 Å². The monoisotopic (exact) mass is 475 g/mol. The summed E-state index contributed by atoms with van der Waals surface area (Å²) >= 11 is 0. The van der Waals surface area contributed by atoms with Gasteiger partial charge < -0.3 is 9.72 Å². The Hall–Kier alpha value is -3.72. The van der Waals surface area contributed by atoms with Gasteiger partial charge in [0, 0.05) is 36.1 Å². The molecule has 0 saturated carbocycles. The van der Waals surface area contributed by atoms with Crippen LogP contribution in [0.3, 0.4) is 0 Å². The van der Waals surface area contributed by atoms with Crippen molar-refractivity contribution in [2.45, 2.75) is 31.7 Å². The first-order valence-electron chi connectivity index (χ1n) is 11.2. The molecule has 0 radical (unpaired) electrons. The van der Waals surface area contributed by atoms with E-state index in [9.17, 15) is 8.42 Å². The first-order valence-corrected chi connectivity index (χ1v) is 12.8. The normalized spacial score (nSPS) is 11.9. The van der Waals surface area contributed by atoms with Gasteiger partial charge in [0.05, 0.1) is 29.0 Å². The van der Waals surface area contributed by atoms with Gasteiger partial charge in [-0.15, -0.1) is 5.10 Å². The highest BCUT2D eigenvalue weighted by atomic mass is 32.2. The Kier molecular flexibility index (Phi) is 5.79. The number of hydrogen-bond acceptors (Lipinski definition) is 6. The molecule has 8 nitrogen and oxygen atoms in total. The summed E-state index contributed by atoms with van der Waals surface area (Å²) in [4.78, 5) is 8.30. The third-order valence-corrected chi connectivity index (χ3v) is 7.58. The largest absolute Gasteiger partial charge is 0.491 e. The third-order valence-electron chi connectivity index (χ3n) is 5.85. The predicted octanol–water partition coefficient (Wildman–Crippen LogP) is 4.55. The molecule has 34 heavy (non-hydrogen) atoms. The van der Waals surface area contributed by atoms with Crippen molar-refractivity contribution < 1.29 is 13.2 Å². The standard InChI is InChI=1S/C25H25N5O3S/c1-3-34(31,32)19-7-4-6-18(15-19)20-8-9-22(33-13-5-11-30-12-10-27-29-30)24-23(20)21-14-17(2)16-26-25(21)28-24/h4,6-10,12,14-16H,3,5,11,13H2,1-2H3,(H,26,28). The number of sulfone groups is 1. The minimum Gasteiger partial charge on any atom is -0.491 e. The van der Waals surface area contributed by atoms with E-state index in [1.54, 1.807) is 36.0 Å². The number of pyridine rings is 1. The number of fused-ring (bicyclic) bond motifs is 3. The molecular formula is C25H25N5O3S. The van der Waals surface area contributed by atoms with Crippen molar-refractivity contribution in [3.05, 3.63) is 66.6 Å². The summed E-state index contributed by atoms with van der Waals surface area (Å²) in [7, 11) is -3.32. The number of aromatic nitrogens is 5. The van der Waals surface area contributed by atoms with Crippen LogP contribution in [0.1, 0.15) is 18.9 Å². The fourth-order valence-electron chi connectivity index (χ4n) is 4.11. The maximum atomic E-state index is 12.5. The van der Waals surface area contributed by atoms with Gasteiger partial charge in [-0.2, -0.15) is 0 Å². The Morgan fingerprint density at radius 1 is 1.15 bits per heavy atom. The van der Waals surface area contributed by atoms with Crippen molar-refractivity contribution in [2.75, 3.05) is 12.4 Å². The highest BCUT2D eigenvalue weighted by Crippen LogP contribution is 2.39. The molecule has 3 aromatic heterocycles. The summed E-state index contributed by atoms with van der Waals surface area (Å²) in [5, 5.41) is 9.73. The predicted molar refractivity (Wildman–Crippen MR) is 132 cm³/mol. The molecule has 5 rings (SSSR count). The van der Waals surface area contributed by atoms with Crippen LogP contribution in [0.15, 0.2) is 66.0 Å². The van der Waals surface area contributed by atoms with Gasteiger partial charge in [0.2, 0.25) is 0 Å². The number of rotatable bonds is 8. The lowest BCUT2D eigenvalue weighted by Crippen LogP contribution is -2.05. The number of aromatic amines is 1. The van der Waals surface area contributed by atoms with Gasteiger partial charge in [-0.1, -0.05) is 24.3 Å². The summed E-state index contributed by atoms with van der Waals surface area (Å²) < 4.78 is 32.9. The fourth-order valence-corrected chi connectivity index (χ4v) is 5.04. The highest BCUT2D eigenvalue weighted by molar-refractivity contribution is 7.91. The van der Waals surface area contributed by atoms with E-state index in [0.29, 0.717) is 18.0 Å². The Bertz CT molecular complexity index is 1570. The van der Waals surface area contributed by atoms with Crippen LogP contribution in [0.5, 0.6) is 5.75 Å². The molecule has 3 heterocycles. The molecule has 174 valence electrons. The summed E-state index contributed by atoms with van der Waals surface area (Å²) in [6.45, 7) is 4.89. The number of nitrogens with zero attached hydrogens (tertiary/aromatic N) is 4. The number of ether oxygens (including phenoxy) is 1. The lowest BCUT2D eigenvalue weighted by atomic mass is 9.99. The first-order chi connectivity index (χ1) is 16.5. The van der Waals surface area contributed by atoms with Gasteiger partial charge in [-0.3, -0.25) is 4.68 Å². The molecular weight excluding hydrogens is 450 g/mol. The quantitative estimate of drug-likeness (QED) is 0.330. The van der Waals surface area contributed by atoms with Crippen molar-refractivity contribution in [1.29, 1.82) is 0 Å². The van der Waals surface area contributed by atoms with Gasteiger partial charge in [0.15, 0.2) is 9.84 Å². The minimum absolute atomic E-state index is 0.0590. The Labute approximate surface area is 197 Å². The van der Waals surface area contributed by atoms with Gasteiger partial charge in [0.25, 0.3) is 0 Å². The molecule has 2 aromatic carbocycles. The van der Waals surface area contributed by atoms with Crippen molar-refractivity contribution in [1.82, 2.24) is 25.0 Å².